The summed E-state index contributed by atoms with van der Waals surface area (Å²) in [5.41, 5.74) is 10.3. The van der Waals surface area contributed by atoms with Crippen LogP contribution in [-0.4, -0.2) is 42.1 Å². The van der Waals surface area contributed by atoms with E-state index in [1.54, 1.807) is 24.3 Å². The third-order valence-corrected chi connectivity index (χ3v) is 6.50. The number of carboxylic acids is 1. The van der Waals surface area contributed by atoms with Gasteiger partial charge in [0.05, 0.1) is 17.6 Å². The number of rotatable bonds is 9. The molecule has 35 heavy (non-hydrogen) atoms. The van der Waals surface area contributed by atoms with E-state index in [4.69, 9.17) is 20.8 Å². The Morgan fingerprint density at radius 2 is 1.89 bits per heavy atom. The van der Waals surface area contributed by atoms with Crippen LogP contribution in [0.3, 0.4) is 0 Å². The molecular formula is C26H29N7O2. The lowest BCUT2D eigenvalue weighted by Gasteiger charge is -2.13. The molecule has 4 N–H and O–H groups in total. The lowest BCUT2D eigenvalue weighted by atomic mass is 10.1. The molecule has 0 bridgehead atoms. The van der Waals surface area contributed by atoms with Crippen LogP contribution in [0.2, 0.25) is 0 Å². The quantitative estimate of drug-likeness (QED) is 0.331. The van der Waals surface area contributed by atoms with Crippen LogP contribution in [0.25, 0.3) is 22.4 Å². The second-order valence-corrected chi connectivity index (χ2v) is 8.93. The number of anilines is 1. The van der Waals surface area contributed by atoms with E-state index in [1.165, 1.54) is 12.8 Å². The normalized spacial score (nSPS) is 14.0. The molecule has 4 aromatic rings. The number of aromatic nitrogens is 5. The van der Waals surface area contributed by atoms with Crippen molar-refractivity contribution in [3.63, 3.8) is 0 Å². The zero-order chi connectivity index (χ0) is 24.2. The monoisotopic (exact) mass is 471 g/mol. The van der Waals surface area contributed by atoms with Crippen molar-refractivity contribution in [2.45, 2.75) is 51.1 Å². The van der Waals surface area contributed by atoms with Crippen molar-refractivity contribution in [1.82, 2.24) is 24.5 Å². The third kappa shape index (κ3) is 5.00. The fourth-order valence-corrected chi connectivity index (χ4v) is 4.58. The Labute approximate surface area is 203 Å². The van der Waals surface area contributed by atoms with E-state index < -0.39 is 5.97 Å². The van der Waals surface area contributed by atoms with Crippen LogP contribution in [0.4, 0.5) is 5.82 Å². The van der Waals surface area contributed by atoms with E-state index in [2.05, 4.69) is 19.9 Å². The molecule has 1 aliphatic carbocycles. The molecule has 0 amide bonds. The third-order valence-electron chi connectivity index (χ3n) is 6.50. The van der Waals surface area contributed by atoms with E-state index in [9.17, 15) is 4.79 Å². The van der Waals surface area contributed by atoms with Crippen molar-refractivity contribution in [2.24, 2.45) is 5.73 Å². The Hall–Kier alpha value is -3.85. The standard InChI is InChI=1S/C26H29N7O2/c27-13-3-6-22-31-24(23-25(32-22)33(16-30-23)20-4-1-2-5-20)29-15-17-7-12-21(28-14-17)18-8-10-19(11-9-18)26(34)35/h7-12,14,16,20H,1-6,13,15,27H2,(H,34,35)(H,29,31,32). The van der Waals surface area contributed by atoms with Crippen LogP contribution in [0.15, 0.2) is 48.9 Å². The van der Waals surface area contributed by atoms with Gasteiger partial charge in [-0.25, -0.2) is 19.7 Å². The van der Waals surface area contributed by atoms with E-state index in [-0.39, 0.29) is 5.56 Å². The molecule has 0 radical (unpaired) electrons. The number of nitrogens with zero attached hydrogens (tertiary/aromatic N) is 5. The number of nitrogens with two attached hydrogens (primary N) is 1. The SMILES string of the molecule is NCCCc1nc(NCc2ccc(-c3ccc(C(=O)O)cc3)nc2)c2ncn(C3CCCC3)c2n1. The summed E-state index contributed by atoms with van der Waals surface area (Å²) in [6.45, 7) is 1.15. The van der Waals surface area contributed by atoms with Crippen molar-refractivity contribution in [3.05, 3.63) is 65.9 Å². The first-order valence-corrected chi connectivity index (χ1v) is 12.1. The Bertz CT molecular complexity index is 1310. The molecule has 0 aliphatic heterocycles. The van der Waals surface area contributed by atoms with Gasteiger partial charge >= 0.3 is 5.97 Å². The summed E-state index contributed by atoms with van der Waals surface area (Å²) in [5.74, 6) is 0.569. The number of carbonyl (C=O) groups is 1. The van der Waals surface area contributed by atoms with Gasteiger partial charge in [-0.1, -0.05) is 31.0 Å². The summed E-state index contributed by atoms with van der Waals surface area (Å²) >= 11 is 0. The zero-order valence-corrected chi connectivity index (χ0v) is 19.5. The lowest BCUT2D eigenvalue weighted by Crippen LogP contribution is -2.10. The molecule has 5 rings (SSSR count). The van der Waals surface area contributed by atoms with Crippen molar-refractivity contribution < 1.29 is 9.90 Å². The fourth-order valence-electron chi connectivity index (χ4n) is 4.58. The number of imidazole rings is 1. The van der Waals surface area contributed by atoms with E-state index in [0.717, 1.165) is 65.3 Å². The molecule has 0 spiro atoms. The molecule has 3 aromatic heterocycles. The topological polar surface area (TPSA) is 132 Å². The van der Waals surface area contributed by atoms with Gasteiger partial charge in [-0.2, -0.15) is 0 Å². The summed E-state index contributed by atoms with van der Waals surface area (Å²) in [4.78, 5) is 29.9. The first kappa shape index (κ1) is 22.9. The largest absolute Gasteiger partial charge is 0.478 e. The maximum absolute atomic E-state index is 11.1. The van der Waals surface area contributed by atoms with Crippen molar-refractivity contribution in [1.29, 1.82) is 0 Å². The number of pyridine rings is 1. The number of benzene rings is 1. The van der Waals surface area contributed by atoms with Gasteiger partial charge in [0.25, 0.3) is 0 Å². The van der Waals surface area contributed by atoms with Crippen molar-refractivity contribution in [3.8, 4) is 11.3 Å². The maximum atomic E-state index is 11.1. The van der Waals surface area contributed by atoms with Crippen LogP contribution in [0.5, 0.6) is 0 Å². The minimum atomic E-state index is -0.941. The Kier molecular flexibility index (Phi) is 6.67. The summed E-state index contributed by atoms with van der Waals surface area (Å²) < 4.78 is 2.22. The predicted molar refractivity (Wildman–Crippen MR) is 134 cm³/mol. The second-order valence-electron chi connectivity index (χ2n) is 8.93. The number of aryl methyl sites for hydroxylation is 1. The number of carboxylic acid groups (broad SMARTS) is 1. The molecule has 1 saturated carbocycles. The maximum Gasteiger partial charge on any atom is 0.335 e. The first-order chi connectivity index (χ1) is 17.1. The molecule has 0 saturated heterocycles. The molecule has 1 aliphatic rings. The molecule has 3 heterocycles. The van der Waals surface area contributed by atoms with Crippen molar-refractivity contribution in [2.75, 3.05) is 11.9 Å². The van der Waals surface area contributed by atoms with Crippen LogP contribution in [0, 0.1) is 0 Å². The average molecular weight is 472 g/mol. The number of nitrogens with one attached hydrogen (secondary N) is 1. The highest BCUT2D eigenvalue weighted by Gasteiger charge is 2.21. The Balaban J connectivity index is 1.35. The highest BCUT2D eigenvalue weighted by molar-refractivity contribution is 5.88. The molecule has 1 aromatic carbocycles. The van der Waals surface area contributed by atoms with Gasteiger partial charge in [0.1, 0.15) is 11.3 Å². The molecule has 9 heteroatoms. The van der Waals surface area contributed by atoms with Crippen LogP contribution >= 0.6 is 0 Å². The number of fused-ring (bicyclic) bond motifs is 1. The molecule has 180 valence electrons. The van der Waals surface area contributed by atoms with Gasteiger partial charge in [-0.3, -0.25) is 4.98 Å². The number of hydrogen-bond acceptors (Lipinski definition) is 7. The molecule has 0 atom stereocenters. The predicted octanol–water partition coefficient (Wildman–Crippen LogP) is 4.21. The summed E-state index contributed by atoms with van der Waals surface area (Å²) in [6.07, 6.45) is 10.1. The Morgan fingerprint density at radius 3 is 2.57 bits per heavy atom. The second kappa shape index (κ2) is 10.2. The van der Waals surface area contributed by atoms with E-state index in [1.807, 2.05) is 24.7 Å². The molecular weight excluding hydrogens is 442 g/mol. The van der Waals surface area contributed by atoms with Crippen LogP contribution < -0.4 is 11.1 Å². The van der Waals surface area contributed by atoms with Gasteiger partial charge in [0, 0.05) is 30.8 Å². The highest BCUT2D eigenvalue weighted by atomic mass is 16.4. The van der Waals surface area contributed by atoms with Crippen LogP contribution in [-0.2, 0) is 13.0 Å². The average Bonchev–Trinajstić information content (AvgIpc) is 3.56. The molecule has 9 nitrogen and oxygen atoms in total. The van der Waals surface area contributed by atoms with E-state index >= 15 is 0 Å². The molecule has 0 unspecified atom stereocenters. The minimum absolute atomic E-state index is 0.256. The Morgan fingerprint density at radius 1 is 1.09 bits per heavy atom. The summed E-state index contributed by atoms with van der Waals surface area (Å²) in [5, 5.41) is 12.5. The minimum Gasteiger partial charge on any atom is -0.478 e. The fraction of sp³-hybridized carbons (Fsp3) is 0.346. The van der Waals surface area contributed by atoms with Gasteiger partial charge < -0.3 is 20.7 Å². The van der Waals surface area contributed by atoms with Crippen LogP contribution in [0.1, 0.15) is 59.9 Å². The van der Waals surface area contributed by atoms with Gasteiger partial charge in [-0.15, -0.1) is 0 Å². The van der Waals surface area contributed by atoms with Gasteiger partial charge in [-0.05, 0) is 49.6 Å². The van der Waals surface area contributed by atoms with E-state index in [0.29, 0.717) is 19.1 Å². The summed E-state index contributed by atoms with van der Waals surface area (Å²) in [7, 11) is 0. The number of aromatic carboxylic acids is 1. The lowest BCUT2D eigenvalue weighted by molar-refractivity contribution is 0.0697. The summed E-state index contributed by atoms with van der Waals surface area (Å²) in [6, 6.07) is 11.1. The zero-order valence-electron chi connectivity index (χ0n) is 19.5. The first-order valence-electron chi connectivity index (χ1n) is 12.1. The highest BCUT2D eigenvalue weighted by Crippen LogP contribution is 2.32. The molecule has 1 fully saturated rings. The van der Waals surface area contributed by atoms with Gasteiger partial charge in [0.2, 0.25) is 0 Å². The smallest absolute Gasteiger partial charge is 0.335 e. The van der Waals surface area contributed by atoms with Crippen molar-refractivity contribution >= 4 is 23.0 Å². The number of hydrogen-bond donors (Lipinski definition) is 3. The van der Waals surface area contributed by atoms with Gasteiger partial charge in [0.15, 0.2) is 11.5 Å².